The number of H-pyrrole nitrogens is 2. The zero-order chi connectivity index (χ0) is 30.0. The van der Waals surface area contributed by atoms with Gasteiger partial charge in [0.15, 0.2) is 5.82 Å². The maximum Gasteiger partial charge on any atom is 0.272 e. The summed E-state index contributed by atoms with van der Waals surface area (Å²) in [4.78, 5) is 29.5. The van der Waals surface area contributed by atoms with Crippen LogP contribution in [-0.2, 0) is 14.8 Å². The van der Waals surface area contributed by atoms with Crippen LogP contribution in [0.4, 0.5) is 11.4 Å². The van der Waals surface area contributed by atoms with Gasteiger partial charge in [-0.05, 0) is 59.0 Å². The molecule has 2 amide bonds. The molecule has 1 aliphatic heterocycles. The first-order valence-corrected chi connectivity index (χ1v) is 14.5. The minimum atomic E-state index is -3.79. The summed E-state index contributed by atoms with van der Waals surface area (Å²) >= 11 is 0. The van der Waals surface area contributed by atoms with Crippen molar-refractivity contribution < 1.29 is 22.7 Å². The van der Waals surface area contributed by atoms with Gasteiger partial charge < -0.3 is 20.4 Å². The van der Waals surface area contributed by atoms with Gasteiger partial charge in [0.05, 0.1) is 46.6 Å². The van der Waals surface area contributed by atoms with Gasteiger partial charge in [0.25, 0.3) is 11.8 Å². The molecule has 0 bridgehead atoms. The maximum absolute atomic E-state index is 13.3. The number of carbonyl (C=O) groups excluding carboxylic acids is 2. The van der Waals surface area contributed by atoms with Crippen molar-refractivity contribution >= 4 is 44.1 Å². The molecule has 3 heterocycles. The van der Waals surface area contributed by atoms with Crippen molar-refractivity contribution in [1.29, 1.82) is 5.26 Å². The lowest BCUT2D eigenvalue weighted by Gasteiger charge is -2.26. The van der Waals surface area contributed by atoms with Crippen molar-refractivity contribution in [3.8, 4) is 17.5 Å². The van der Waals surface area contributed by atoms with Crippen LogP contribution in [0.3, 0.4) is 0 Å². The van der Waals surface area contributed by atoms with Crippen LogP contribution in [-0.4, -0.2) is 76.4 Å². The fourth-order valence-electron chi connectivity index (χ4n) is 4.69. The summed E-state index contributed by atoms with van der Waals surface area (Å²) in [5.41, 5.74) is 2.43. The summed E-state index contributed by atoms with van der Waals surface area (Å²) in [5, 5.41) is 29.2. The Morgan fingerprint density at radius 2 is 1.74 bits per heavy atom. The number of morpholine rings is 1. The van der Waals surface area contributed by atoms with Gasteiger partial charge in [-0.2, -0.15) is 9.57 Å². The number of benzene rings is 3. The lowest BCUT2D eigenvalue weighted by atomic mass is 10.1. The smallest absolute Gasteiger partial charge is 0.272 e. The Labute approximate surface area is 244 Å². The van der Waals surface area contributed by atoms with Gasteiger partial charge >= 0.3 is 0 Å². The van der Waals surface area contributed by atoms with E-state index in [0.717, 1.165) is 0 Å². The number of anilines is 2. The average Bonchev–Trinajstić information content (AvgIpc) is 3.73. The molecule has 1 aliphatic rings. The molecule has 0 atom stereocenters. The van der Waals surface area contributed by atoms with E-state index in [1.807, 2.05) is 6.07 Å². The van der Waals surface area contributed by atoms with E-state index in [4.69, 9.17) is 4.74 Å². The molecular formula is C28H23N9O5S. The number of nitrogens with one attached hydrogen (secondary N) is 4. The molecule has 1 saturated heterocycles. The highest BCUT2D eigenvalue weighted by Gasteiger charge is 2.27. The number of aromatic amines is 2. The number of carbonyl (C=O) groups is 2. The van der Waals surface area contributed by atoms with Crippen LogP contribution >= 0.6 is 0 Å². The van der Waals surface area contributed by atoms with Crippen molar-refractivity contribution in [2.75, 3.05) is 36.9 Å². The van der Waals surface area contributed by atoms with Crippen molar-refractivity contribution in [3.63, 3.8) is 0 Å². The third-order valence-corrected chi connectivity index (χ3v) is 8.75. The van der Waals surface area contributed by atoms with Gasteiger partial charge in [0.2, 0.25) is 10.0 Å². The number of nitriles is 1. The van der Waals surface area contributed by atoms with Crippen LogP contribution in [0.5, 0.6) is 0 Å². The summed E-state index contributed by atoms with van der Waals surface area (Å²) in [6.45, 7) is 1.11. The van der Waals surface area contributed by atoms with Crippen molar-refractivity contribution in [1.82, 2.24) is 29.9 Å². The first-order valence-electron chi connectivity index (χ1n) is 13.0. The van der Waals surface area contributed by atoms with Crippen LogP contribution < -0.4 is 10.6 Å². The number of para-hydroxylation sites is 1. The molecule has 1 fully saturated rings. The number of nitrogens with zero attached hydrogens (tertiary/aromatic N) is 5. The topological polar surface area (TPSA) is 199 Å². The summed E-state index contributed by atoms with van der Waals surface area (Å²) in [6.07, 6.45) is 0. The summed E-state index contributed by atoms with van der Waals surface area (Å²) < 4.78 is 32.8. The number of hydrogen-bond acceptors (Lipinski definition) is 9. The van der Waals surface area contributed by atoms with Gasteiger partial charge in [-0.25, -0.2) is 13.5 Å². The van der Waals surface area contributed by atoms with Crippen molar-refractivity contribution in [2.24, 2.45) is 0 Å². The molecule has 3 aromatic carbocycles. The van der Waals surface area contributed by atoms with Crippen LogP contribution in [0, 0.1) is 11.3 Å². The van der Waals surface area contributed by atoms with Crippen LogP contribution in [0.25, 0.3) is 22.3 Å². The summed E-state index contributed by atoms with van der Waals surface area (Å²) in [6, 6.07) is 19.4. The average molecular weight is 598 g/mol. The first kappa shape index (κ1) is 27.7. The fraction of sp³-hybridized carbons (Fsp3) is 0.143. The summed E-state index contributed by atoms with van der Waals surface area (Å²) in [5.74, 6) is -0.723. The van der Waals surface area contributed by atoms with E-state index in [9.17, 15) is 23.3 Å². The van der Waals surface area contributed by atoms with Crippen molar-refractivity contribution in [3.05, 3.63) is 83.6 Å². The van der Waals surface area contributed by atoms with E-state index >= 15 is 0 Å². The quantitative estimate of drug-likeness (QED) is 0.218. The van der Waals surface area contributed by atoms with Crippen LogP contribution in [0.15, 0.2) is 71.6 Å². The molecule has 0 unspecified atom stereocenters. The Balaban J connectivity index is 1.24. The highest BCUT2D eigenvalue weighted by Crippen LogP contribution is 2.28. The predicted molar refractivity (Wildman–Crippen MR) is 155 cm³/mol. The lowest BCUT2D eigenvalue weighted by Crippen LogP contribution is -2.40. The monoisotopic (exact) mass is 597 g/mol. The molecule has 4 N–H and O–H groups in total. The largest absolute Gasteiger partial charge is 0.379 e. The zero-order valence-electron chi connectivity index (χ0n) is 22.4. The van der Waals surface area contributed by atoms with Crippen molar-refractivity contribution in [2.45, 2.75) is 4.90 Å². The Morgan fingerprint density at radius 1 is 0.953 bits per heavy atom. The highest BCUT2D eigenvalue weighted by molar-refractivity contribution is 7.89. The van der Waals surface area contributed by atoms with Crippen LogP contribution in [0.2, 0.25) is 0 Å². The number of aromatic nitrogens is 5. The molecule has 216 valence electrons. The molecule has 2 aromatic heterocycles. The molecule has 14 nitrogen and oxygen atoms in total. The number of rotatable bonds is 7. The maximum atomic E-state index is 13.3. The molecule has 0 aliphatic carbocycles. The molecule has 5 aromatic rings. The number of hydrogen-bond donors (Lipinski definition) is 4. The van der Waals surface area contributed by atoms with E-state index in [-0.39, 0.29) is 35.1 Å². The van der Waals surface area contributed by atoms with Gasteiger partial charge in [-0.1, -0.05) is 18.2 Å². The van der Waals surface area contributed by atoms with E-state index in [1.165, 1.54) is 28.6 Å². The Hall–Kier alpha value is -5.43. The molecule has 0 radical (unpaired) electrons. The number of amides is 2. The van der Waals surface area contributed by atoms with E-state index < -0.39 is 21.8 Å². The minimum absolute atomic E-state index is 0.0161. The molecule has 43 heavy (non-hydrogen) atoms. The van der Waals surface area contributed by atoms with Gasteiger partial charge in [-0.15, -0.1) is 5.10 Å². The lowest BCUT2D eigenvalue weighted by molar-refractivity contribution is 0.0730. The second kappa shape index (κ2) is 11.4. The SMILES string of the molecule is N#Cc1ccc(NC(=O)c2cc3cccc(NC(=O)c4cccc(S(=O)(=O)N5CCOCC5)c4)c3[nH]2)c(-c2nnn[nH]2)c1. The number of ether oxygens (including phenoxy) is 1. The van der Waals surface area contributed by atoms with Gasteiger partial charge in [0, 0.05) is 29.6 Å². The zero-order valence-corrected chi connectivity index (χ0v) is 23.2. The number of tetrazole rings is 1. The van der Waals surface area contributed by atoms with E-state index in [2.05, 4.69) is 36.2 Å². The minimum Gasteiger partial charge on any atom is -0.379 e. The normalized spacial score (nSPS) is 13.8. The third-order valence-electron chi connectivity index (χ3n) is 6.85. The molecule has 6 rings (SSSR count). The first-order chi connectivity index (χ1) is 20.8. The Bertz CT molecular complexity index is 1990. The third kappa shape index (κ3) is 5.57. The molecule has 0 saturated carbocycles. The highest BCUT2D eigenvalue weighted by atomic mass is 32.2. The van der Waals surface area contributed by atoms with Gasteiger partial charge in [0.1, 0.15) is 5.69 Å². The predicted octanol–water partition coefficient (Wildman–Crippen LogP) is 2.75. The second-order valence-corrected chi connectivity index (χ2v) is 11.5. The molecular weight excluding hydrogens is 574 g/mol. The number of fused-ring (bicyclic) bond motifs is 1. The fourth-order valence-corrected chi connectivity index (χ4v) is 6.15. The number of sulfonamides is 1. The second-order valence-electron chi connectivity index (χ2n) is 9.53. The molecule has 0 spiro atoms. The van der Waals surface area contributed by atoms with E-state index in [1.54, 1.807) is 42.5 Å². The Kier molecular flexibility index (Phi) is 7.38. The standard InChI is InChI=1S/C28H23N9O5S/c29-16-17-7-8-22(21(13-17)26-33-35-36-34-26)31-28(39)24-15-18-3-2-6-23(25(18)30-24)32-27(38)19-4-1-5-20(14-19)43(40,41)37-9-11-42-12-10-37/h1-8,13-15,30H,9-12H2,(H,31,39)(H,32,38)(H,33,34,35,36). The van der Waals surface area contributed by atoms with Gasteiger partial charge in [-0.3, -0.25) is 9.59 Å². The Morgan fingerprint density at radius 3 is 2.51 bits per heavy atom. The van der Waals surface area contributed by atoms with E-state index in [0.29, 0.717) is 46.6 Å². The summed E-state index contributed by atoms with van der Waals surface area (Å²) in [7, 11) is -3.79. The van der Waals surface area contributed by atoms with Crippen LogP contribution in [0.1, 0.15) is 26.4 Å². The molecule has 15 heteroatoms.